The number of hydrogen-bond donors (Lipinski definition) is 1. The van der Waals surface area contributed by atoms with E-state index in [1.54, 1.807) is 31.4 Å². The molecule has 24 heavy (non-hydrogen) atoms. The number of rotatable bonds is 8. The van der Waals surface area contributed by atoms with Gasteiger partial charge in [-0.25, -0.2) is 13.1 Å². The van der Waals surface area contributed by atoms with Gasteiger partial charge in [-0.15, -0.1) is 0 Å². The van der Waals surface area contributed by atoms with Crippen LogP contribution in [-0.4, -0.2) is 28.7 Å². The van der Waals surface area contributed by atoms with Crippen molar-refractivity contribution < 1.29 is 13.2 Å². The minimum Gasteiger partial charge on any atom is -0.381 e. The Morgan fingerprint density at radius 1 is 1.08 bits per heavy atom. The van der Waals surface area contributed by atoms with E-state index in [2.05, 4.69) is 4.72 Å². The molecule has 128 valence electrons. The molecule has 0 fully saturated rings. The molecule has 0 unspecified atom stereocenters. The summed E-state index contributed by atoms with van der Waals surface area (Å²) in [7, 11) is -1.82. The molecule has 0 aliphatic rings. The maximum atomic E-state index is 12.3. The van der Waals surface area contributed by atoms with Crippen molar-refractivity contribution in [3.05, 3.63) is 71.3 Å². The van der Waals surface area contributed by atoms with Crippen LogP contribution in [0.3, 0.4) is 0 Å². The molecule has 0 radical (unpaired) electrons. The van der Waals surface area contributed by atoms with Gasteiger partial charge in [0.25, 0.3) is 0 Å². The first-order valence-corrected chi connectivity index (χ1v) is 9.31. The molecule has 1 N–H and O–H groups in total. The van der Waals surface area contributed by atoms with E-state index in [0.29, 0.717) is 24.5 Å². The predicted molar refractivity (Wildman–Crippen MR) is 97.4 cm³/mol. The topological polar surface area (TPSA) is 55.4 Å². The standard InChI is InChI=1S/C19H23NO3S/c1-16-9-11-19(12-10-16)24(21,22)20-14-13-18-7-4-3-6-17(18)8-5-15-23-2/h3-12,20H,13-15H2,1-2H3/b8-5+. The van der Waals surface area contributed by atoms with Gasteiger partial charge in [-0.3, -0.25) is 0 Å². The van der Waals surface area contributed by atoms with Gasteiger partial charge in [-0.05, 0) is 36.6 Å². The van der Waals surface area contributed by atoms with Crippen molar-refractivity contribution in [2.75, 3.05) is 20.3 Å². The van der Waals surface area contributed by atoms with Gasteiger partial charge >= 0.3 is 0 Å². The third-order valence-electron chi connectivity index (χ3n) is 3.63. The molecule has 0 heterocycles. The number of hydrogen-bond acceptors (Lipinski definition) is 3. The number of sulfonamides is 1. The van der Waals surface area contributed by atoms with Gasteiger partial charge < -0.3 is 4.74 Å². The van der Waals surface area contributed by atoms with Gasteiger partial charge in [0.2, 0.25) is 10.0 Å². The van der Waals surface area contributed by atoms with Crippen molar-refractivity contribution in [1.82, 2.24) is 4.72 Å². The molecule has 0 amide bonds. The van der Waals surface area contributed by atoms with Crippen LogP contribution in [0.5, 0.6) is 0 Å². The lowest BCUT2D eigenvalue weighted by Crippen LogP contribution is -2.26. The van der Waals surface area contributed by atoms with Crippen LogP contribution in [0, 0.1) is 6.92 Å². The number of methoxy groups -OCH3 is 1. The Balaban J connectivity index is 2.00. The molecular formula is C19H23NO3S. The normalized spacial score (nSPS) is 11.9. The summed E-state index contributed by atoms with van der Waals surface area (Å²) in [5.74, 6) is 0. The Kier molecular flexibility index (Phi) is 6.73. The van der Waals surface area contributed by atoms with Crippen molar-refractivity contribution in [2.24, 2.45) is 0 Å². The van der Waals surface area contributed by atoms with E-state index < -0.39 is 10.0 Å². The second-order valence-electron chi connectivity index (χ2n) is 5.52. The van der Waals surface area contributed by atoms with E-state index >= 15 is 0 Å². The Labute approximate surface area is 144 Å². The smallest absolute Gasteiger partial charge is 0.240 e. The highest BCUT2D eigenvalue weighted by Gasteiger charge is 2.13. The highest BCUT2D eigenvalue weighted by molar-refractivity contribution is 7.89. The molecular weight excluding hydrogens is 322 g/mol. The Morgan fingerprint density at radius 2 is 1.79 bits per heavy atom. The maximum Gasteiger partial charge on any atom is 0.240 e. The first-order chi connectivity index (χ1) is 11.5. The Hall–Kier alpha value is -1.95. The molecule has 2 rings (SSSR count). The SMILES string of the molecule is COC/C=C/c1ccccc1CCNS(=O)(=O)c1ccc(C)cc1. The molecule has 0 aromatic heterocycles. The van der Waals surface area contributed by atoms with E-state index in [4.69, 9.17) is 4.74 Å². The summed E-state index contributed by atoms with van der Waals surface area (Å²) in [6.07, 6.45) is 4.56. The molecule has 2 aromatic carbocycles. The second-order valence-corrected chi connectivity index (χ2v) is 7.28. The van der Waals surface area contributed by atoms with Gasteiger partial charge in [0.05, 0.1) is 11.5 Å². The number of aryl methyl sites for hydroxylation is 1. The lowest BCUT2D eigenvalue weighted by atomic mass is 10.0. The highest BCUT2D eigenvalue weighted by Crippen LogP contribution is 2.13. The fourth-order valence-corrected chi connectivity index (χ4v) is 3.35. The van der Waals surface area contributed by atoms with Gasteiger partial charge in [-0.1, -0.05) is 54.1 Å². The molecule has 0 aliphatic heterocycles. The minimum atomic E-state index is -3.47. The Morgan fingerprint density at radius 3 is 2.50 bits per heavy atom. The number of benzene rings is 2. The van der Waals surface area contributed by atoms with Crippen molar-refractivity contribution in [1.29, 1.82) is 0 Å². The molecule has 0 atom stereocenters. The van der Waals surface area contributed by atoms with Crippen molar-refractivity contribution in [3.63, 3.8) is 0 Å². The first-order valence-electron chi connectivity index (χ1n) is 7.82. The summed E-state index contributed by atoms with van der Waals surface area (Å²) in [6, 6.07) is 14.8. The van der Waals surface area contributed by atoms with E-state index in [-0.39, 0.29) is 0 Å². The molecule has 5 heteroatoms. The quantitative estimate of drug-likeness (QED) is 0.799. The molecule has 0 saturated carbocycles. The fourth-order valence-electron chi connectivity index (χ4n) is 2.32. The lowest BCUT2D eigenvalue weighted by Gasteiger charge is -2.09. The monoisotopic (exact) mass is 345 g/mol. The van der Waals surface area contributed by atoms with E-state index in [9.17, 15) is 8.42 Å². The zero-order valence-corrected chi connectivity index (χ0v) is 14.8. The third-order valence-corrected chi connectivity index (χ3v) is 5.11. The molecule has 0 saturated heterocycles. The van der Waals surface area contributed by atoms with E-state index in [1.807, 2.05) is 43.3 Å². The van der Waals surface area contributed by atoms with Gasteiger partial charge in [0.15, 0.2) is 0 Å². The van der Waals surface area contributed by atoms with E-state index in [0.717, 1.165) is 16.7 Å². The van der Waals surface area contributed by atoms with Crippen LogP contribution in [0.2, 0.25) is 0 Å². The van der Waals surface area contributed by atoms with Gasteiger partial charge in [0, 0.05) is 13.7 Å². The van der Waals surface area contributed by atoms with Crippen molar-refractivity contribution in [2.45, 2.75) is 18.2 Å². The lowest BCUT2D eigenvalue weighted by molar-refractivity contribution is 0.234. The second kappa shape index (κ2) is 8.78. The van der Waals surface area contributed by atoms with Crippen LogP contribution < -0.4 is 4.72 Å². The van der Waals surface area contributed by atoms with Crippen LogP contribution >= 0.6 is 0 Å². The molecule has 0 bridgehead atoms. The van der Waals surface area contributed by atoms with Crippen LogP contribution in [0.15, 0.2) is 59.5 Å². The average Bonchev–Trinajstić information content (AvgIpc) is 2.57. The van der Waals surface area contributed by atoms with Gasteiger partial charge in [-0.2, -0.15) is 0 Å². The zero-order chi connectivity index (χ0) is 17.4. The largest absolute Gasteiger partial charge is 0.381 e. The minimum absolute atomic E-state index is 0.293. The summed E-state index contributed by atoms with van der Waals surface area (Å²) in [5.41, 5.74) is 3.20. The predicted octanol–water partition coefficient (Wildman–Crippen LogP) is 3.18. The zero-order valence-electron chi connectivity index (χ0n) is 14.0. The number of ether oxygens (including phenoxy) is 1. The average molecular weight is 345 g/mol. The first kappa shape index (κ1) is 18.4. The maximum absolute atomic E-state index is 12.3. The third kappa shape index (κ3) is 5.30. The highest BCUT2D eigenvalue weighted by atomic mass is 32.2. The molecule has 4 nitrogen and oxygen atoms in total. The summed E-state index contributed by atoms with van der Waals surface area (Å²) < 4.78 is 32.2. The van der Waals surface area contributed by atoms with Crippen molar-refractivity contribution >= 4 is 16.1 Å². The fraction of sp³-hybridized carbons (Fsp3) is 0.263. The summed E-state index contributed by atoms with van der Waals surface area (Å²) in [6.45, 7) is 2.83. The Bertz CT molecular complexity index is 781. The number of nitrogens with one attached hydrogen (secondary N) is 1. The van der Waals surface area contributed by atoms with Gasteiger partial charge in [0.1, 0.15) is 0 Å². The van der Waals surface area contributed by atoms with E-state index in [1.165, 1.54) is 0 Å². The summed E-state index contributed by atoms with van der Waals surface area (Å²) in [5, 5.41) is 0. The van der Waals surface area contributed by atoms with Crippen LogP contribution in [-0.2, 0) is 21.2 Å². The van der Waals surface area contributed by atoms with Crippen LogP contribution in [0.25, 0.3) is 6.08 Å². The summed E-state index contributed by atoms with van der Waals surface area (Å²) >= 11 is 0. The van der Waals surface area contributed by atoms with Crippen LogP contribution in [0.4, 0.5) is 0 Å². The summed E-state index contributed by atoms with van der Waals surface area (Å²) in [4.78, 5) is 0.293. The molecule has 0 spiro atoms. The molecule has 2 aromatic rings. The molecule has 0 aliphatic carbocycles. The van der Waals surface area contributed by atoms with Crippen LogP contribution in [0.1, 0.15) is 16.7 Å². The van der Waals surface area contributed by atoms with Crippen molar-refractivity contribution in [3.8, 4) is 0 Å².